The highest BCUT2D eigenvalue weighted by molar-refractivity contribution is 7.89. The molecule has 1 atom stereocenters. The Morgan fingerprint density at radius 2 is 2.10 bits per heavy atom. The van der Waals surface area contributed by atoms with Crippen LogP contribution in [0.2, 0.25) is 5.02 Å². The van der Waals surface area contributed by atoms with Crippen molar-refractivity contribution in [1.29, 1.82) is 0 Å². The number of benzene rings is 1. The van der Waals surface area contributed by atoms with Crippen LogP contribution in [0.25, 0.3) is 0 Å². The van der Waals surface area contributed by atoms with Crippen LogP contribution < -0.4 is 9.46 Å². The van der Waals surface area contributed by atoms with Gasteiger partial charge >= 0.3 is 0 Å². The minimum absolute atomic E-state index is 0.0522. The number of aliphatic hydroxyl groups excluding tert-OH is 1. The van der Waals surface area contributed by atoms with Gasteiger partial charge in [-0.15, -0.1) is 0 Å². The first-order valence-electron chi connectivity index (χ1n) is 6.88. The normalized spacial score (nSPS) is 13.1. The predicted molar refractivity (Wildman–Crippen MR) is 83.3 cm³/mol. The molecule has 2 N–H and O–H groups in total. The first-order chi connectivity index (χ1) is 9.94. The van der Waals surface area contributed by atoms with Crippen LogP contribution in [0.1, 0.15) is 26.2 Å². The molecule has 0 saturated carbocycles. The lowest BCUT2D eigenvalue weighted by atomic mass is 10.0. The van der Waals surface area contributed by atoms with E-state index >= 15 is 0 Å². The largest absolute Gasteiger partial charge is 0.495 e. The molecule has 1 unspecified atom stereocenters. The number of halogens is 1. The molecule has 1 rings (SSSR count). The van der Waals surface area contributed by atoms with E-state index in [4.69, 9.17) is 21.4 Å². The first kappa shape index (κ1) is 18.2. The second-order valence-corrected chi connectivity index (χ2v) is 6.99. The topological polar surface area (TPSA) is 75.6 Å². The van der Waals surface area contributed by atoms with Crippen molar-refractivity contribution in [3.05, 3.63) is 23.2 Å². The molecule has 5 nitrogen and oxygen atoms in total. The molecule has 0 heterocycles. The molecule has 0 fully saturated rings. The zero-order valence-corrected chi connectivity index (χ0v) is 13.9. The number of ether oxygens (including phenoxy) is 1. The van der Waals surface area contributed by atoms with E-state index in [1.165, 1.54) is 25.3 Å². The maximum Gasteiger partial charge on any atom is 0.244 e. The fraction of sp³-hybridized carbons (Fsp3) is 0.571. The summed E-state index contributed by atoms with van der Waals surface area (Å²) >= 11 is 5.83. The third-order valence-corrected chi connectivity index (χ3v) is 4.91. The molecule has 0 aliphatic heterocycles. The standard InChI is InChI=1S/C14H22ClNO4S/c1-3-4-11(7-8-17)10-16-21(18,19)14-6-5-12(15)9-13(14)20-2/h5-6,9,11,16-17H,3-4,7-8,10H2,1-2H3. The van der Waals surface area contributed by atoms with Crippen molar-refractivity contribution < 1.29 is 18.3 Å². The van der Waals surface area contributed by atoms with Crippen molar-refractivity contribution in [3.63, 3.8) is 0 Å². The van der Waals surface area contributed by atoms with E-state index < -0.39 is 10.0 Å². The van der Waals surface area contributed by atoms with E-state index in [-0.39, 0.29) is 23.2 Å². The van der Waals surface area contributed by atoms with E-state index in [0.29, 0.717) is 18.0 Å². The molecule has 21 heavy (non-hydrogen) atoms. The molecule has 0 amide bonds. The van der Waals surface area contributed by atoms with Gasteiger partial charge in [0, 0.05) is 24.2 Å². The molecule has 0 aromatic heterocycles. The van der Waals surface area contributed by atoms with E-state index in [1.807, 2.05) is 6.92 Å². The number of methoxy groups -OCH3 is 1. The van der Waals surface area contributed by atoms with Crippen LogP contribution in [0.15, 0.2) is 23.1 Å². The number of rotatable bonds is 9. The molecule has 0 aliphatic carbocycles. The molecule has 0 spiro atoms. The van der Waals surface area contributed by atoms with E-state index in [1.54, 1.807) is 0 Å². The Balaban J connectivity index is 2.86. The minimum atomic E-state index is -3.67. The van der Waals surface area contributed by atoms with Crippen LogP contribution >= 0.6 is 11.6 Å². The maximum atomic E-state index is 12.3. The highest BCUT2D eigenvalue weighted by Gasteiger charge is 2.21. The molecule has 1 aromatic carbocycles. The Bertz CT molecular complexity index is 542. The summed E-state index contributed by atoms with van der Waals surface area (Å²) in [4.78, 5) is 0.0636. The molecule has 1 aromatic rings. The predicted octanol–water partition coefficient (Wildman–Crippen LogP) is 2.43. The Hall–Kier alpha value is -0.820. The highest BCUT2D eigenvalue weighted by Crippen LogP contribution is 2.27. The number of sulfonamides is 1. The molecule has 0 bridgehead atoms. The number of hydrogen-bond acceptors (Lipinski definition) is 4. The van der Waals surface area contributed by atoms with Gasteiger partial charge in [0.15, 0.2) is 0 Å². The Labute approximate surface area is 131 Å². The van der Waals surface area contributed by atoms with E-state index in [0.717, 1.165) is 12.8 Å². The summed E-state index contributed by atoms with van der Waals surface area (Å²) in [5.41, 5.74) is 0. The van der Waals surface area contributed by atoms with E-state index in [9.17, 15) is 8.42 Å². The quantitative estimate of drug-likeness (QED) is 0.726. The smallest absolute Gasteiger partial charge is 0.244 e. The van der Waals surface area contributed by atoms with Crippen LogP contribution in [0.4, 0.5) is 0 Å². The molecular weight excluding hydrogens is 314 g/mol. The second-order valence-electron chi connectivity index (χ2n) is 4.81. The third kappa shape index (κ3) is 5.47. The van der Waals surface area contributed by atoms with Gasteiger partial charge in [0.05, 0.1) is 7.11 Å². The summed E-state index contributed by atoms with van der Waals surface area (Å²) in [5.74, 6) is 0.331. The number of hydrogen-bond donors (Lipinski definition) is 2. The van der Waals surface area contributed by atoms with Crippen LogP contribution in [0.3, 0.4) is 0 Å². The van der Waals surface area contributed by atoms with Gasteiger partial charge in [-0.05, 0) is 30.9 Å². The fourth-order valence-corrected chi connectivity index (χ4v) is 3.54. The Morgan fingerprint density at radius 3 is 2.67 bits per heavy atom. The van der Waals surface area contributed by atoms with Gasteiger partial charge in [-0.2, -0.15) is 0 Å². The van der Waals surface area contributed by atoms with Crippen LogP contribution in [-0.2, 0) is 10.0 Å². The molecule has 0 saturated heterocycles. The number of aliphatic hydroxyl groups is 1. The van der Waals surface area contributed by atoms with E-state index in [2.05, 4.69) is 4.72 Å². The summed E-state index contributed by atoms with van der Waals surface area (Å²) in [6, 6.07) is 4.40. The molecular formula is C14H22ClNO4S. The van der Waals surface area contributed by atoms with Gasteiger partial charge in [-0.3, -0.25) is 0 Å². The lowest BCUT2D eigenvalue weighted by Crippen LogP contribution is -2.30. The van der Waals surface area contributed by atoms with Crippen LogP contribution in [0.5, 0.6) is 5.75 Å². The van der Waals surface area contributed by atoms with Crippen molar-refractivity contribution in [2.45, 2.75) is 31.1 Å². The van der Waals surface area contributed by atoms with Gasteiger partial charge in [-0.25, -0.2) is 13.1 Å². The minimum Gasteiger partial charge on any atom is -0.495 e. The van der Waals surface area contributed by atoms with Crippen molar-refractivity contribution in [2.75, 3.05) is 20.3 Å². The third-order valence-electron chi connectivity index (χ3n) is 3.21. The van der Waals surface area contributed by atoms with Crippen molar-refractivity contribution >= 4 is 21.6 Å². The van der Waals surface area contributed by atoms with Gasteiger partial charge in [-0.1, -0.05) is 24.9 Å². The molecule has 0 aliphatic rings. The summed E-state index contributed by atoms with van der Waals surface area (Å²) in [6.45, 7) is 2.38. The van der Waals surface area contributed by atoms with Gasteiger partial charge in [0.1, 0.15) is 10.6 Å². The fourth-order valence-electron chi connectivity index (χ4n) is 2.11. The SMILES string of the molecule is CCCC(CCO)CNS(=O)(=O)c1ccc(Cl)cc1OC. The van der Waals surface area contributed by atoms with Crippen LogP contribution in [0, 0.1) is 5.92 Å². The summed E-state index contributed by atoms with van der Waals surface area (Å²) in [6.07, 6.45) is 2.38. The second kappa shape index (κ2) is 8.58. The van der Waals surface area contributed by atoms with Gasteiger partial charge in [0.25, 0.3) is 0 Å². The Morgan fingerprint density at radius 1 is 1.38 bits per heavy atom. The highest BCUT2D eigenvalue weighted by atomic mass is 35.5. The van der Waals surface area contributed by atoms with Gasteiger partial charge < -0.3 is 9.84 Å². The monoisotopic (exact) mass is 335 g/mol. The maximum absolute atomic E-state index is 12.3. The summed E-state index contributed by atoms with van der Waals surface area (Å²) < 4.78 is 32.3. The van der Waals surface area contributed by atoms with Gasteiger partial charge in [0.2, 0.25) is 10.0 Å². The average Bonchev–Trinajstić information content (AvgIpc) is 2.45. The van der Waals surface area contributed by atoms with Crippen molar-refractivity contribution in [2.24, 2.45) is 5.92 Å². The first-order valence-corrected chi connectivity index (χ1v) is 8.74. The van der Waals surface area contributed by atoms with Crippen molar-refractivity contribution in [1.82, 2.24) is 4.72 Å². The average molecular weight is 336 g/mol. The molecule has 120 valence electrons. The Kier molecular flexibility index (Phi) is 7.45. The molecule has 0 radical (unpaired) electrons. The zero-order chi connectivity index (χ0) is 15.9. The molecule has 7 heteroatoms. The van der Waals surface area contributed by atoms with Crippen molar-refractivity contribution in [3.8, 4) is 5.75 Å². The lowest BCUT2D eigenvalue weighted by molar-refractivity contribution is 0.251. The zero-order valence-electron chi connectivity index (χ0n) is 12.3. The number of nitrogens with one attached hydrogen (secondary N) is 1. The van der Waals surface area contributed by atoms with Crippen LogP contribution in [-0.4, -0.2) is 33.8 Å². The summed E-state index contributed by atoms with van der Waals surface area (Å²) in [5, 5.41) is 9.42. The summed E-state index contributed by atoms with van der Waals surface area (Å²) in [7, 11) is -2.27. The lowest BCUT2D eigenvalue weighted by Gasteiger charge is -2.16.